The van der Waals surface area contributed by atoms with Gasteiger partial charge in [-0.05, 0) is 120 Å². The first-order chi connectivity index (χ1) is 23.8. The fourth-order valence-corrected chi connectivity index (χ4v) is 7.10. The Morgan fingerprint density at radius 1 is 0.292 bits per heavy atom. The normalized spacial score (nSPS) is 11.3. The Morgan fingerprint density at radius 2 is 0.833 bits per heavy atom. The van der Waals surface area contributed by atoms with Crippen molar-refractivity contribution in [1.29, 1.82) is 0 Å². The van der Waals surface area contributed by atoms with Crippen LogP contribution in [-0.4, -0.2) is 9.97 Å². The second-order valence-corrected chi connectivity index (χ2v) is 12.2. The summed E-state index contributed by atoms with van der Waals surface area (Å²) in [6.45, 7) is 0. The van der Waals surface area contributed by atoms with Crippen LogP contribution in [0.4, 0.5) is 0 Å². The molecule has 0 N–H and O–H groups in total. The van der Waals surface area contributed by atoms with Crippen molar-refractivity contribution in [3.63, 3.8) is 0 Å². The third-order valence-electron chi connectivity index (χ3n) is 9.38. The summed E-state index contributed by atoms with van der Waals surface area (Å²) in [6, 6.07) is 59.0. The summed E-state index contributed by atoms with van der Waals surface area (Å²) < 4.78 is 0. The number of nitrogens with zero attached hydrogens (tertiary/aromatic N) is 2. The maximum Gasteiger partial charge on any atom is 0.0702 e. The van der Waals surface area contributed by atoms with E-state index in [0.29, 0.717) is 0 Å². The molecule has 9 aromatic rings. The third kappa shape index (κ3) is 4.92. The van der Waals surface area contributed by atoms with Crippen molar-refractivity contribution in [2.45, 2.75) is 0 Å². The molecule has 9 rings (SSSR count). The van der Waals surface area contributed by atoms with Gasteiger partial charge in [-0.3, -0.25) is 9.97 Å². The van der Waals surface area contributed by atoms with Crippen LogP contribution in [0.15, 0.2) is 182 Å². The molecule has 0 fully saturated rings. The van der Waals surface area contributed by atoms with Crippen LogP contribution in [0.25, 0.3) is 88.1 Å². The van der Waals surface area contributed by atoms with Crippen LogP contribution in [0.3, 0.4) is 0 Å². The summed E-state index contributed by atoms with van der Waals surface area (Å²) in [4.78, 5) is 9.06. The number of aromatic nitrogens is 2. The van der Waals surface area contributed by atoms with Gasteiger partial charge in [0.1, 0.15) is 0 Å². The van der Waals surface area contributed by atoms with Crippen molar-refractivity contribution in [2.24, 2.45) is 0 Å². The molecule has 0 bridgehead atoms. The van der Waals surface area contributed by atoms with Crippen LogP contribution in [0.5, 0.6) is 0 Å². The van der Waals surface area contributed by atoms with Crippen LogP contribution in [0, 0.1) is 0 Å². The average molecular weight is 611 g/mol. The number of fused-ring (bicyclic) bond motifs is 6. The van der Waals surface area contributed by atoms with Gasteiger partial charge in [0.05, 0.1) is 5.69 Å². The van der Waals surface area contributed by atoms with E-state index < -0.39 is 0 Å². The van der Waals surface area contributed by atoms with Gasteiger partial charge >= 0.3 is 0 Å². The van der Waals surface area contributed by atoms with E-state index in [1.54, 1.807) is 0 Å². The fraction of sp³-hybridized carbons (Fsp3) is 0. The van der Waals surface area contributed by atoms with E-state index in [1.807, 2.05) is 36.8 Å². The lowest BCUT2D eigenvalue weighted by Crippen LogP contribution is -1.90. The predicted octanol–water partition coefficient (Wildman–Crippen LogP) is 12.3. The lowest BCUT2D eigenvalue weighted by Gasteiger charge is -2.15. The Hall–Kier alpha value is -6.38. The zero-order valence-corrected chi connectivity index (χ0v) is 26.2. The summed E-state index contributed by atoms with van der Waals surface area (Å²) in [5.41, 5.74) is 11.3. The van der Waals surface area contributed by atoms with Gasteiger partial charge < -0.3 is 0 Å². The van der Waals surface area contributed by atoms with E-state index >= 15 is 0 Å². The largest absolute Gasteiger partial charge is 0.264 e. The minimum atomic E-state index is 0.947. The number of benzene rings is 7. The first-order valence-electron chi connectivity index (χ1n) is 16.3. The Bertz CT molecular complexity index is 2510. The number of rotatable bonds is 5. The van der Waals surface area contributed by atoms with Crippen LogP contribution < -0.4 is 0 Å². The maximum atomic E-state index is 4.67. The highest BCUT2D eigenvalue weighted by molar-refractivity contribution is 6.25. The zero-order valence-electron chi connectivity index (χ0n) is 26.2. The fourth-order valence-electron chi connectivity index (χ4n) is 7.10. The summed E-state index contributed by atoms with van der Waals surface area (Å²) >= 11 is 0. The van der Waals surface area contributed by atoms with Gasteiger partial charge in [-0.15, -0.1) is 0 Å². The highest BCUT2D eigenvalue weighted by atomic mass is 14.7. The van der Waals surface area contributed by atoms with Gasteiger partial charge in [-0.2, -0.15) is 0 Å². The zero-order chi connectivity index (χ0) is 31.9. The molecule has 48 heavy (non-hydrogen) atoms. The second kappa shape index (κ2) is 11.8. The summed E-state index contributed by atoms with van der Waals surface area (Å²) in [6.07, 6.45) is 5.58. The van der Waals surface area contributed by atoms with Gasteiger partial charge in [0.25, 0.3) is 0 Å². The second-order valence-electron chi connectivity index (χ2n) is 12.2. The molecule has 0 atom stereocenters. The van der Waals surface area contributed by atoms with E-state index in [0.717, 1.165) is 33.5 Å². The molecule has 0 aliphatic heterocycles. The van der Waals surface area contributed by atoms with Gasteiger partial charge in [-0.25, -0.2) is 0 Å². The van der Waals surface area contributed by atoms with Crippen molar-refractivity contribution in [1.82, 2.24) is 9.97 Å². The smallest absolute Gasteiger partial charge is 0.0702 e. The molecule has 2 heteroatoms. The monoisotopic (exact) mass is 610 g/mol. The van der Waals surface area contributed by atoms with Crippen LogP contribution in [0.2, 0.25) is 0 Å². The SMILES string of the molecule is c1ccc(-c2cc(-c3cccnc3)cc(-c3cccc(-c4ccccc4-c4ccc5c6ccccc6c6ccccc6c5c4)c3)c2)nc1. The number of hydrogen-bond donors (Lipinski definition) is 0. The van der Waals surface area contributed by atoms with Crippen LogP contribution in [-0.2, 0) is 0 Å². The molecule has 0 spiro atoms. The minimum Gasteiger partial charge on any atom is -0.264 e. The van der Waals surface area contributed by atoms with E-state index in [-0.39, 0.29) is 0 Å². The molecule has 2 heterocycles. The number of hydrogen-bond acceptors (Lipinski definition) is 2. The summed E-state index contributed by atoms with van der Waals surface area (Å²) in [5, 5.41) is 7.72. The van der Waals surface area contributed by atoms with E-state index in [1.165, 1.54) is 54.6 Å². The van der Waals surface area contributed by atoms with Gasteiger partial charge in [-0.1, -0.05) is 115 Å². The van der Waals surface area contributed by atoms with Crippen LogP contribution in [0.1, 0.15) is 0 Å². The molecule has 0 saturated carbocycles. The molecular weight excluding hydrogens is 581 g/mol. The molecule has 0 aliphatic carbocycles. The molecule has 2 nitrogen and oxygen atoms in total. The van der Waals surface area contributed by atoms with Crippen molar-refractivity contribution in [2.75, 3.05) is 0 Å². The highest BCUT2D eigenvalue weighted by Gasteiger charge is 2.14. The molecule has 0 amide bonds. The Labute approximate surface area is 279 Å². The van der Waals surface area contributed by atoms with E-state index in [9.17, 15) is 0 Å². The highest BCUT2D eigenvalue weighted by Crippen LogP contribution is 2.40. The number of pyridine rings is 2. The minimum absolute atomic E-state index is 0.947. The van der Waals surface area contributed by atoms with Crippen LogP contribution >= 0.6 is 0 Å². The predicted molar refractivity (Wildman–Crippen MR) is 202 cm³/mol. The first kappa shape index (κ1) is 27.9. The summed E-state index contributed by atoms with van der Waals surface area (Å²) in [5.74, 6) is 0. The third-order valence-corrected chi connectivity index (χ3v) is 9.38. The molecule has 0 radical (unpaired) electrons. The molecule has 0 unspecified atom stereocenters. The van der Waals surface area contributed by atoms with Gasteiger partial charge in [0.2, 0.25) is 0 Å². The molecular formula is C46H30N2. The van der Waals surface area contributed by atoms with E-state index in [4.69, 9.17) is 0 Å². The Morgan fingerprint density at radius 3 is 1.50 bits per heavy atom. The van der Waals surface area contributed by atoms with Crippen molar-refractivity contribution in [3.05, 3.63) is 182 Å². The van der Waals surface area contributed by atoms with Crippen molar-refractivity contribution < 1.29 is 0 Å². The van der Waals surface area contributed by atoms with Crippen molar-refractivity contribution in [3.8, 4) is 55.8 Å². The maximum absolute atomic E-state index is 4.67. The Balaban J connectivity index is 1.19. The average Bonchev–Trinajstić information content (AvgIpc) is 3.18. The van der Waals surface area contributed by atoms with Gasteiger partial charge in [0, 0.05) is 29.7 Å². The van der Waals surface area contributed by atoms with Crippen molar-refractivity contribution >= 4 is 32.3 Å². The lowest BCUT2D eigenvalue weighted by molar-refractivity contribution is 1.32. The lowest BCUT2D eigenvalue weighted by atomic mass is 9.89. The molecule has 0 aliphatic rings. The quantitative estimate of drug-likeness (QED) is 0.181. The summed E-state index contributed by atoms with van der Waals surface area (Å²) in [7, 11) is 0. The van der Waals surface area contributed by atoms with E-state index in [2.05, 4.69) is 156 Å². The molecule has 224 valence electrons. The first-order valence-corrected chi connectivity index (χ1v) is 16.3. The molecule has 2 aromatic heterocycles. The topological polar surface area (TPSA) is 25.8 Å². The Kier molecular flexibility index (Phi) is 6.84. The van der Waals surface area contributed by atoms with Gasteiger partial charge in [0.15, 0.2) is 0 Å². The molecule has 0 saturated heterocycles. The standard InChI is InChI=1S/C46H30N2/c1-2-15-39(33-21-22-44-42-18-4-3-16-40(42)41-17-5-6-19-43(41)45(44)29-33)38(14-1)32-12-9-11-31(25-32)35-26-36(34-13-10-23-47-30-34)28-37(27-35)46-20-7-8-24-48-46/h1-30H. The molecule has 7 aromatic carbocycles.